The average Bonchev–Trinajstić information content (AvgIpc) is 3.38. The molecule has 1 aliphatic heterocycles. The zero-order chi connectivity index (χ0) is 18.6. The largest absolute Gasteiger partial charge is 0.489 e. The topological polar surface area (TPSA) is 68.5 Å². The second-order valence-electron chi connectivity index (χ2n) is 6.54. The lowest BCUT2D eigenvalue weighted by atomic mass is 10.2. The third-order valence-corrected chi connectivity index (χ3v) is 4.64. The normalized spacial score (nSPS) is 16.5. The second kappa shape index (κ2) is 7.61. The molecular formula is C21H21N3O3. The van der Waals surface area contributed by atoms with Gasteiger partial charge in [-0.25, -0.2) is 0 Å². The van der Waals surface area contributed by atoms with Crippen LogP contribution in [-0.4, -0.2) is 40.1 Å². The first-order valence-corrected chi connectivity index (χ1v) is 9.17. The molecule has 0 radical (unpaired) electrons. The molecule has 1 unspecified atom stereocenters. The lowest BCUT2D eigenvalue weighted by Crippen LogP contribution is -2.30. The third-order valence-electron chi connectivity index (χ3n) is 4.64. The number of carbonyl (C=O) groups is 1. The summed E-state index contributed by atoms with van der Waals surface area (Å²) in [6.07, 6.45) is 1.54. The molecule has 27 heavy (non-hydrogen) atoms. The first-order valence-electron chi connectivity index (χ1n) is 9.17. The molecule has 1 aliphatic rings. The molecule has 2 aromatic carbocycles. The summed E-state index contributed by atoms with van der Waals surface area (Å²) in [5, 5.41) is 3.98. The lowest BCUT2D eigenvalue weighted by molar-refractivity contribution is 0.0772. The van der Waals surface area contributed by atoms with E-state index in [2.05, 4.69) is 10.1 Å². The van der Waals surface area contributed by atoms with Crippen molar-refractivity contribution in [3.8, 4) is 17.1 Å². The number of hydrogen-bond acceptors (Lipinski definition) is 5. The minimum Gasteiger partial charge on any atom is -0.489 e. The maximum Gasteiger partial charge on any atom is 0.253 e. The zero-order valence-electron chi connectivity index (χ0n) is 15.2. The van der Waals surface area contributed by atoms with Crippen molar-refractivity contribution in [2.75, 3.05) is 13.1 Å². The van der Waals surface area contributed by atoms with Crippen molar-refractivity contribution >= 4 is 5.91 Å². The van der Waals surface area contributed by atoms with E-state index < -0.39 is 0 Å². The van der Waals surface area contributed by atoms with Crippen LogP contribution in [0, 0.1) is 0 Å². The van der Waals surface area contributed by atoms with Crippen LogP contribution in [0.25, 0.3) is 11.4 Å². The molecule has 0 bridgehead atoms. The van der Waals surface area contributed by atoms with Crippen LogP contribution in [0.1, 0.15) is 29.6 Å². The summed E-state index contributed by atoms with van der Waals surface area (Å²) < 4.78 is 11.2. The monoisotopic (exact) mass is 363 g/mol. The highest BCUT2D eigenvalue weighted by molar-refractivity contribution is 5.94. The molecule has 138 valence electrons. The molecule has 1 fully saturated rings. The molecule has 6 nitrogen and oxygen atoms in total. The van der Waals surface area contributed by atoms with E-state index in [1.54, 1.807) is 0 Å². The quantitative estimate of drug-likeness (QED) is 0.693. The Morgan fingerprint density at radius 2 is 1.96 bits per heavy atom. The number of aromatic nitrogens is 2. The van der Waals surface area contributed by atoms with Crippen molar-refractivity contribution in [2.24, 2.45) is 0 Å². The lowest BCUT2D eigenvalue weighted by Gasteiger charge is -2.17. The molecule has 0 aliphatic carbocycles. The number of amides is 1. The molecule has 6 heteroatoms. The van der Waals surface area contributed by atoms with E-state index in [-0.39, 0.29) is 12.0 Å². The van der Waals surface area contributed by atoms with E-state index in [0.717, 1.165) is 17.7 Å². The number of carbonyl (C=O) groups excluding carboxylic acids is 1. The van der Waals surface area contributed by atoms with Crippen molar-refractivity contribution in [2.45, 2.75) is 25.9 Å². The Kier molecular flexibility index (Phi) is 4.87. The van der Waals surface area contributed by atoms with Crippen molar-refractivity contribution in [1.29, 1.82) is 0 Å². The maximum absolute atomic E-state index is 12.5. The maximum atomic E-state index is 12.5. The number of ether oxygens (including phenoxy) is 1. The van der Waals surface area contributed by atoms with Gasteiger partial charge in [0.2, 0.25) is 11.7 Å². The van der Waals surface area contributed by atoms with Gasteiger partial charge in [-0.2, -0.15) is 4.98 Å². The van der Waals surface area contributed by atoms with Gasteiger partial charge < -0.3 is 14.2 Å². The Morgan fingerprint density at radius 1 is 1.19 bits per heavy atom. The van der Waals surface area contributed by atoms with Gasteiger partial charge in [-0.3, -0.25) is 4.79 Å². The standard InChI is InChI=1S/C21H21N3O3/c1-2-19-22-20(23-27-19)15-8-10-17(11-9-15)26-18-12-13-24(14-18)21(25)16-6-4-3-5-7-16/h3-11,18H,2,12-14H2,1H3. The van der Waals surface area contributed by atoms with Gasteiger partial charge in [-0.1, -0.05) is 30.3 Å². The van der Waals surface area contributed by atoms with Gasteiger partial charge in [0.05, 0.1) is 6.54 Å². The Labute approximate surface area is 157 Å². The van der Waals surface area contributed by atoms with E-state index in [4.69, 9.17) is 9.26 Å². The summed E-state index contributed by atoms with van der Waals surface area (Å²) in [7, 11) is 0. The van der Waals surface area contributed by atoms with Crippen LogP contribution in [0.4, 0.5) is 0 Å². The van der Waals surface area contributed by atoms with Gasteiger partial charge in [0.25, 0.3) is 5.91 Å². The van der Waals surface area contributed by atoms with Crippen molar-refractivity contribution in [1.82, 2.24) is 15.0 Å². The molecule has 3 aromatic rings. The molecule has 2 heterocycles. The highest BCUT2D eigenvalue weighted by Crippen LogP contribution is 2.23. The minimum absolute atomic E-state index is 0.000353. The van der Waals surface area contributed by atoms with Crippen LogP contribution >= 0.6 is 0 Å². The van der Waals surface area contributed by atoms with E-state index in [9.17, 15) is 4.79 Å². The van der Waals surface area contributed by atoms with Gasteiger partial charge in [0, 0.05) is 30.5 Å². The Bertz CT molecular complexity index is 906. The summed E-state index contributed by atoms with van der Waals surface area (Å²) in [5.41, 5.74) is 1.60. The van der Waals surface area contributed by atoms with Gasteiger partial charge in [-0.15, -0.1) is 0 Å². The van der Waals surface area contributed by atoms with Crippen LogP contribution in [0.5, 0.6) is 5.75 Å². The predicted octanol–water partition coefficient (Wildman–Crippen LogP) is 3.59. The molecule has 1 atom stereocenters. The highest BCUT2D eigenvalue weighted by atomic mass is 16.5. The number of likely N-dealkylation sites (tertiary alicyclic amines) is 1. The SMILES string of the molecule is CCc1nc(-c2ccc(OC3CCN(C(=O)c4ccccc4)C3)cc2)no1. The van der Waals surface area contributed by atoms with Crippen LogP contribution in [0.3, 0.4) is 0 Å². The Hall–Kier alpha value is -3.15. The fourth-order valence-corrected chi connectivity index (χ4v) is 3.16. The number of rotatable bonds is 5. The Balaban J connectivity index is 1.36. The van der Waals surface area contributed by atoms with E-state index >= 15 is 0 Å². The molecule has 1 amide bonds. The van der Waals surface area contributed by atoms with Crippen molar-refractivity contribution in [3.05, 3.63) is 66.1 Å². The first kappa shape index (κ1) is 17.3. The molecule has 4 rings (SSSR count). The van der Waals surface area contributed by atoms with Crippen LogP contribution in [-0.2, 0) is 6.42 Å². The summed E-state index contributed by atoms with van der Waals surface area (Å²) in [4.78, 5) is 18.7. The van der Waals surface area contributed by atoms with Gasteiger partial charge in [-0.05, 0) is 36.4 Å². The zero-order valence-corrected chi connectivity index (χ0v) is 15.2. The highest BCUT2D eigenvalue weighted by Gasteiger charge is 2.28. The van der Waals surface area contributed by atoms with Crippen molar-refractivity contribution < 1.29 is 14.1 Å². The summed E-state index contributed by atoms with van der Waals surface area (Å²) in [6, 6.07) is 17.0. The number of nitrogens with zero attached hydrogens (tertiary/aromatic N) is 3. The van der Waals surface area contributed by atoms with E-state index in [1.807, 2.05) is 66.4 Å². The average molecular weight is 363 g/mol. The third kappa shape index (κ3) is 3.84. The molecule has 1 saturated heterocycles. The molecule has 0 saturated carbocycles. The van der Waals surface area contributed by atoms with E-state index in [0.29, 0.717) is 36.8 Å². The van der Waals surface area contributed by atoms with Crippen LogP contribution in [0.15, 0.2) is 59.1 Å². The summed E-state index contributed by atoms with van der Waals surface area (Å²) in [6.45, 7) is 3.28. The minimum atomic E-state index is 0.000353. The molecule has 0 N–H and O–H groups in total. The molecule has 1 aromatic heterocycles. The van der Waals surface area contributed by atoms with Gasteiger partial charge in [0.1, 0.15) is 11.9 Å². The summed E-state index contributed by atoms with van der Waals surface area (Å²) >= 11 is 0. The molecular weight excluding hydrogens is 342 g/mol. The van der Waals surface area contributed by atoms with Crippen LogP contribution < -0.4 is 4.74 Å². The predicted molar refractivity (Wildman–Crippen MR) is 100 cm³/mol. The first-order chi connectivity index (χ1) is 13.2. The fraction of sp³-hybridized carbons (Fsp3) is 0.286. The fourth-order valence-electron chi connectivity index (χ4n) is 3.16. The summed E-state index contributed by atoms with van der Waals surface area (Å²) in [5.74, 6) is 2.04. The number of aryl methyl sites for hydroxylation is 1. The van der Waals surface area contributed by atoms with Gasteiger partial charge in [0.15, 0.2) is 0 Å². The van der Waals surface area contributed by atoms with Crippen molar-refractivity contribution in [3.63, 3.8) is 0 Å². The molecule has 0 spiro atoms. The van der Waals surface area contributed by atoms with Gasteiger partial charge >= 0.3 is 0 Å². The number of benzene rings is 2. The Morgan fingerprint density at radius 3 is 2.67 bits per heavy atom. The smallest absolute Gasteiger partial charge is 0.253 e. The number of hydrogen-bond donors (Lipinski definition) is 0. The van der Waals surface area contributed by atoms with E-state index in [1.165, 1.54) is 0 Å². The second-order valence-corrected chi connectivity index (χ2v) is 6.54. The van der Waals surface area contributed by atoms with Crippen LogP contribution in [0.2, 0.25) is 0 Å².